The number of hydrogen-bond acceptors (Lipinski definition) is 4. The van der Waals surface area contributed by atoms with Crippen LogP contribution in [0.3, 0.4) is 0 Å². The first-order chi connectivity index (χ1) is 7.56. The molecule has 0 aliphatic carbocycles. The van der Waals surface area contributed by atoms with Crippen molar-refractivity contribution in [2.75, 3.05) is 26.8 Å². The molecular formula is C11H22N2O3. The lowest BCUT2D eigenvalue weighted by Gasteiger charge is -2.21. The van der Waals surface area contributed by atoms with Gasteiger partial charge in [-0.3, -0.25) is 4.79 Å². The van der Waals surface area contributed by atoms with Crippen LogP contribution in [0.1, 0.15) is 19.8 Å². The van der Waals surface area contributed by atoms with Crippen molar-refractivity contribution in [1.82, 2.24) is 4.90 Å². The molecule has 94 valence electrons. The molecule has 3 atom stereocenters. The molecule has 1 amide bonds. The van der Waals surface area contributed by atoms with E-state index in [1.54, 1.807) is 18.9 Å². The van der Waals surface area contributed by atoms with Crippen LogP contribution in [0.5, 0.6) is 0 Å². The van der Waals surface area contributed by atoms with Crippen LogP contribution in [-0.4, -0.2) is 54.9 Å². The molecule has 3 unspecified atom stereocenters. The molecule has 1 aliphatic heterocycles. The number of aliphatic hydroxyl groups excluding tert-OH is 1. The van der Waals surface area contributed by atoms with Crippen LogP contribution < -0.4 is 5.73 Å². The minimum atomic E-state index is -0.479. The molecule has 0 aromatic heterocycles. The highest BCUT2D eigenvalue weighted by atomic mass is 16.5. The zero-order valence-corrected chi connectivity index (χ0v) is 10.1. The van der Waals surface area contributed by atoms with Gasteiger partial charge in [0, 0.05) is 32.7 Å². The van der Waals surface area contributed by atoms with Crippen LogP contribution in [-0.2, 0) is 9.53 Å². The van der Waals surface area contributed by atoms with E-state index in [4.69, 9.17) is 10.5 Å². The minimum absolute atomic E-state index is 0.0276. The molecule has 1 saturated heterocycles. The number of nitrogens with two attached hydrogens (primary N) is 1. The van der Waals surface area contributed by atoms with Gasteiger partial charge in [0.25, 0.3) is 0 Å². The molecule has 0 spiro atoms. The number of carbonyl (C=O) groups is 1. The number of nitrogens with zero attached hydrogens (tertiary/aromatic N) is 1. The SMILES string of the molecule is COCCC(N)C(=O)N1CCC(C(C)O)C1. The standard InChI is InChI=1S/C11H22N2O3/c1-8(14)9-3-5-13(7-9)11(15)10(12)4-6-16-2/h8-10,14H,3-7,12H2,1-2H3. The van der Waals surface area contributed by atoms with Crippen molar-refractivity contribution >= 4 is 5.91 Å². The average Bonchev–Trinajstić information content (AvgIpc) is 2.74. The maximum Gasteiger partial charge on any atom is 0.239 e. The van der Waals surface area contributed by atoms with Crippen LogP contribution in [0, 0.1) is 5.92 Å². The van der Waals surface area contributed by atoms with Gasteiger partial charge in [-0.15, -0.1) is 0 Å². The second kappa shape index (κ2) is 6.18. The summed E-state index contributed by atoms with van der Waals surface area (Å²) in [6, 6.07) is -0.479. The number of ether oxygens (including phenoxy) is 1. The molecule has 1 aliphatic rings. The Labute approximate surface area is 96.6 Å². The Hall–Kier alpha value is -0.650. The van der Waals surface area contributed by atoms with Crippen molar-refractivity contribution in [1.29, 1.82) is 0 Å². The maximum atomic E-state index is 11.9. The van der Waals surface area contributed by atoms with E-state index in [-0.39, 0.29) is 17.9 Å². The van der Waals surface area contributed by atoms with E-state index in [1.165, 1.54) is 0 Å². The minimum Gasteiger partial charge on any atom is -0.393 e. The lowest BCUT2D eigenvalue weighted by Crippen LogP contribution is -2.43. The second-order valence-corrected chi connectivity index (χ2v) is 4.46. The molecule has 1 heterocycles. The number of rotatable bonds is 5. The Bertz CT molecular complexity index is 233. The fraction of sp³-hybridized carbons (Fsp3) is 0.909. The van der Waals surface area contributed by atoms with Crippen LogP contribution in [0.25, 0.3) is 0 Å². The van der Waals surface area contributed by atoms with Crippen LogP contribution in [0.15, 0.2) is 0 Å². The summed E-state index contributed by atoms with van der Waals surface area (Å²) in [5.74, 6) is 0.166. The van der Waals surface area contributed by atoms with Crippen LogP contribution >= 0.6 is 0 Å². The summed E-state index contributed by atoms with van der Waals surface area (Å²) in [6.45, 7) is 3.59. The molecule has 0 aromatic rings. The molecule has 16 heavy (non-hydrogen) atoms. The largest absolute Gasteiger partial charge is 0.393 e. The summed E-state index contributed by atoms with van der Waals surface area (Å²) in [5.41, 5.74) is 5.77. The highest BCUT2D eigenvalue weighted by Gasteiger charge is 2.31. The number of amides is 1. The molecular weight excluding hydrogens is 208 g/mol. The number of carbonyl (C=O) groups excluding carboxylic acids is 1. The van der Waals surface area contributed by atoms with Gasteiger partial charge in [-0.25, -0.2) is 0 Å². The molecule has 0 aromatic carbocycles. The van der Waals surface area contributed by atoms with Gasteiger partial charge in [0.1, 0.15) is 0 Å². The third-order valence-corrected chi connectivity index (χ3v) is 3.17. The van der Waals surface area contributed by atoms with Gasteiger partial charge >= 0.3 is 0 Å². The first-order valence-corrected chi connectivity index (χ1v) is 5.77. The van der Waals surface area contributed by atoms with Gasteiger partial charge in [-0.2, -0.15) is 0 Å². The molecule has 1 fully saturated rings. The summed E-state index contributed by atoms with van der Waals surface area (Å²) in [5, 5.41) is 9.44. The van der Waals surface area contributed by atoms with E-state index in [0.29, 0.717) is 26.1 Å². The number of likely N-dealkylation sites (tertiary alicyclic amines) is 1. The van der Waals surface area contributed by atoms with Gasteiger partial charge < -0.3 is 20.5 Å². The molecule has 3 N–H and O–H groups in total. The van der Waals surface area contributed by atoms with Crippen molar-refractivity contribution < 1.29 is 14.6 Å². The normalized spacial score (nSPS) is 24.5. The fourth-order valence-corrected chi connectivity index (χ4v) is 1.98. The van der Waals surface area contributed by atoms with Crippen molar-refractivity contribution in [2.24, 2.45) is 11.7 Å². The monoisotopic (exact) mass is 230 g/mol. The molecule has 0 radical (unpaired) electrons. The molecule has 0 bridgehead atoms. The molecule has 0 saturated carbocycles. The zero-order valence-electron chi connectivity index (χ0n) is 10.1. The number of methoxy groups -OCH3 is 1. The lowest BCUT2D eigenvalue weighted by atomic mass is 10.0. The highest BCUT2D eigenvalue weighted by Crippen LogP contribution is 2.20. The van der Waals surface area contributed by atoms with Gasteiger partial charge in [0.15, 0.2) is 0 Å². The predicted octanol–water partition coefficient (Wildman–Crippen LogP) is -0.420. The van der Waals surface area contributed by atoms with Crippen LogP contribution in [0.4, 0.5) is 0 Å². The average molecular weight is 230 g/mol. The van der Waals surface area contributed by atoms with Crippen molar-refractivity contribution in [2.45, 2.75) is 31.9 Å². The van der Waals surface area contributed by atoms with Crippen LogP contribution in [0.2, 0.25) is 0 Å². The summed E-state index contributed by atoms with van der Waals surface area (Å²) < 4.78 is 4.89. The smallest absolute Gasteiger partial charge is 0.239 e. The van der Waals surface area contributed by atoms with Gasteiger partial charge in [-0.1, -0.05) is 0 Å². The molecule has 5 heteroatoms. The predicted molar refractivity (Wildman–Crippen MR) is 60.8 cm³/mol. The Balaban J connectivity index is 2.38. The summed E-state index contributed by atoms with van der Waals surface area (Å²) in [7, 11) is 1.59. The quantitative estimate of drug-likeness (QED) is 0.672. The Morgan fingerprint density at radius 3 is 2.88 bits per heavy atom. The Morgan fingerprint density at radius 2 is 2.38 bits per heavy atom. The van der Waals surface area contributed by atoms with Gasteiger partial charge in [0.05, 0.1) is 12.1 Å². The Kier molecular flexibility index (Phi) is 5.18. The number of aliphatic hydroxyl groups is 1. The zero-order chi connectivity index (χ0) is 12.1. The first kappa shape index (κ1) is 13.4. The lowest BCUT2D eigenvalue weighted by molar-refractivity contribution is -0.132. The van der Waals surface area contributed by atoms with Gasteiger partial charge in [-0.05, 0) is 19.8 Å². The highest BCUT2D eigenvalue weighted by molar-refractivity contribution is 5.81. The van der Waals surface area contributed by atoms with E-state index in [9.17, 15) is 9.90 Å². The fourth-order valence-electron chi connectivity index (χ4n) is 1.98. The van der Waals surface area contributed by atoms with Crippen molar-refractivity contribution in [3.8, 4) is 0 Å². The summed E-state index contributed by atoms with van der Waals surface area (Å²) in [6.07, 6.45) is 1.05. The van der Waals surface area contributed by atoms with E-state index in [0.717, 1.165) is 6.42 Å². The molecule has 5 nitrogen and oxygen atoms in total. The third kappa shape index (κ3) is 3.43. The second-order valence-electron chi connectivity index (χ2n) is 4.46. The maximum absolute atomic E-state index is 11.9. The van der Waals surface area contributed by atoms with E-state index in [1.807, 2.05) is 0 Å². The topological polar surface area (TPSA) is 75.8 Å². The van der Waals surface area contributed by atoms with E-state index >= 15 is 0 Å². The third-order valence-electron chi connectivity index (χ3n) is 3.17. The summed E-state index contributed by atoms with van der Waals surface area (Å²) >= 11 is 0. The molecule has 1 rings (SSSR count). The Morgan fingerprint density at radius 1 is 1.69 bits per heavy atom. The van der Waals surface area contributed by atoms with Gasteiger partial charge in [0.2, 0.25) is 5.91 Å². The summed E-state index contributed by atoms with van der Waals surface area (Å²) in [4.78, 5) is 13.6. The first-order valence-electron chi connectivity index (χ1n) is 5.77. The van der Waals surface area contributed by atoms with E-state index in [2.05, 4.69) is 0 Å². The van der Waals surface area contributed by atoms with Crippen molar-refractivity contribution in [3.63, 3.8) is 0 Å². The van der Waals surface area contributed by atoms with E-state index < -0.39 is 6.04 Å². The number of hydrogen-bond donors (Lipinski definition) is 2. The van der Waals surface area contributed by atoms with Crippen molar-refractivity contribution in [3.05, 3.63) is 0 Å².